The van der Waals surface area contributed by atoms with Gasteiger partial charge in [-0.2, -0.15) is 0 Å². The minimum absolute atomic E-state index is 0.0885. The van der Waals surface area contributed by atoms with E-state index in [0.717, 1.165) is 15.3 Å². The first-order valence-corrected chi connectivity index (χ1v) is 9.92. The maximum atomic E-state index is 12.2. The summed E-state index contributed by atoms with van der Waals surface area (Å²) in [5.41, 5.74) is 1.58. The van der Waals surface area contributed by atoms with Crippen molar-refractivity contribution in [1.82, 2.24) is 15.3 Å². The normalized spacial score (nSPS) is 11.4. The van der Waals surface area contributed by atoms with Gasteiger partial charge in [0.15, 0.2) is 0 Å². The Morgan fingerprint density at radius 1 is 1.36 bits per heavy atom. The minimum Gasteiger partial charge on any atom is -0.352 e. The highest BCUT2D eigenvalue weighted by atomic mass is 32.1. The van der Waals surface area contributed by atoms with Gasteiger partial charge >= 0.3 is 0 Å². The number of rotatable bonds is 5. The van der Waals surface area contributed by atoms with Gasteiger partial charge in [-0.1, -0.05) is 13.8 Å². The number of carbonyl (C=O) groups excluding carboxylic acids is 1. The van der Waals surface area contributed by atoms with Gasteiger partial charge in [-0.05, 0) is 31.4 Å². The van der Waals surface area contributed by atoms with Crippen LogP contribution in [0.4, 0.5) is 0 Å². The van der Waals surface area contributed by atoms with Crippen molar-refractivity contribution in [2.24, 2.45) is 0 Å². The minimum atomic E-state index is -0.104. The van der Waals surface area contributed by atoms with Crippen LogP contribution in [0.15, 0.2) is 16.2 Å². The first-order valence-electron chi connectivity index (χ1n) is 8.22. The third-order valence-corrected chi connectivity index (χ3v) is 6.52. The zero-order valence-corrected chi connectivity index (χ0v) is 16.4. The number of fused-ring (bicyclic) bond motifs is 1. The standard InChI is InChI=1S/C18H21N3O2S2/c1-9(2)13-7-12(8-24-13)16(22)19-6-5-14-20-17(23)15-10(3)11(4)25-18(15)21-14/h7-9H,5-6H2,1-4H3,(H,19,22)(H,20,21,23). The summed E-state index contributed by atoms with van der Waals surface area (Å²) in [6, 6.07) is 1.94. The fourth-order valence-electron chi connectivity index (χ4n) is 2.59. The number of H-pyrrole nitrogens is 1. The van der Waals surface area contributed by atoms with Crippen LogP contribution < -0.4 is 10.9 Å². The number of aromatic amines is 1. The number of nitrogens with one attached hydrogen (secondary N) is 2. The predicted molar refractivity (Wildman–Crippen MR) is 104 cm³/mol. The lowest BCUT2D eigenvalue weighted by molar-refractivity contribution is 0.0954. The second-order valence-electron chi connectivity index (χ2n) is 6.37. The third kappa shape index (κ3) is 3.67. The van der Waals surface area contributed by atoms with Gasteiger partial charge in [0, 0.05) is 28.1 Å². The molecule has 1 amide bonds. The molecule has 0 fully saturated rings. The summed E-state index contributed by atoms with van der Waals surface area (Å²) in [4.78, 5) is 34.9. The smallest absolute Gasteiger partial charge is 0.259 e. The third-order valence-electron chi connectivity index (χ3n) is 4.19. The van der Waals surface area contributed by atoms with Crippen LogP contribution in [0.3, 0.4) is 0 Å². The Morgan fingerprint density at radius 3 is 2.80 bits per heavy atom. The van der Waals surface area contributed by atoms with E-state index in [-0.39, 0.29) is 11.5 Å². The highest BCUT2D eigenvalue weighted by Crippen LogP contribution is 2.25. The first-order chi connectivity index (χ1) is 11.9. The zero-order valence-electron chi connectivity index (χ0n) is 14.7. The van der Waals surface area contributed by atoms with Crippen LogP contribution in [0.25, 0.3) is 10.2 Å². The van der Waals surface area contributed by atoms with Gasteiger partial charge < -0.3 is 10.3 Å². The number of thiophene rings is 2. The van der Waals surface area contributed by atoms with E-state index >= 15 is 0 Å². The molecule has 0 radical (unpaired) electrons. The monoisotopic (exact) mass is 375 g/mol. The van der Waals surface area contributed by atoms with E-state index in [4.69, 9.17) is 0 Å². The van der Waals surface area contributed by atoms with Gasteiger partial charge in [0.1, 0.15) is 10.7 Å². The van der Waals surface area contributed by atoms with E-state index in [0.29, 0.717) is 35.7 Å². The molecule has 25 heavy (non-hydrogen) atoms. The lowest BCUT2D eigenvalue weighted by atomic mass is 10.1. The summed E-state index contributed by atoms with van der Waals surface area (Å²) in [5, 5.41) is 5.45. The molecule has 0 spiro atoms. The molecule has 0 aliphatic carbocycles. The highest BCUT2D eigenvalue weighted by Gasteiger charge is 2.13. The van der Waals surface area contributed by atoms with Gasteiger partial charge in [0.05, 0.1) is 10.9 Å². The Bertz CT molecular complexity index is 982. The van der Waals surface area contributed by atoms with Crippen molar-refractivity contribution in [2.45, 2.75) is 40.0 Å². The largest absolute Gasteiger partial charge is 0.352 e. The van der Waals surface area contributed by atoms with Gasteiger partial charge in [-0.3, -0.25) is 9.59 Å². The molecular formula is C18H21N3O2S2. The molecule has 0 atom stereocenters. The molecule has 132 valence electrons. The topological polar surface area (TPSA) is 74.8 Å². The summed E-state index contributed by atoms with van der Waals surface area (Å²) in [5.74, 6) is 0.937. The SMILES string of the molecule is Cc1sc2nc(CCNC(=O)c3csc(C(C)C)c3)[nH]c(=O)c2c1C. The summed E-state index contributed by atoms with van der Waals surface area (Å²) in [6.07, 6.45) is 0.494. The van der Waals surface area contributed by atoms with E-state index in [9.17, 15) is 9.59 Å². The number of nitrogens with zero attached hydrogens (tertiary/aromatic N) is 1. The van der Waals surface area contributed by atoms with Crippen LogP contribution in [0.5, 0.6) is 0 Å². The van der Waals surface area contributed by atoms with E-state index in [2.05, 4.69) is 29.1 Å². The fourth-order valence-corrected chi connectivity index (χ4v) is 4.54. The first kappa shape index (κ1) is 17.8. The van der Waals surface area contributed by atoms with Gasteiger partial charge in [-0.15, -0.1) is 22.7 Å². The number of hydrogen-bond acceptors (Lipinski definition) is 5. The summed E-state index contributed by atoms with van der Waals surface area (Å²) >= 11 is 3.14. The van der Waals surface area contributed by atoms with Gasteiger partial charge in [0.2, 0.25) is 0 Å². The van der Waals surface area contributed by atoms with E-state index < -0.39 is 0 Å². The maximum absolute atomic E-state index is 12.2. The average molecular weight is 376 g/mol. The van der Waals surface area contributed by atoms with Crippen LogP contribution in [-0.4, -0.2) is 22.4 Å². The van der Waals surface area contributed by atoms with E-state index in [1.807, 2.05) is 25.3 Å². The van der Waals surface area contributed by atoms with Crippen molar-refractivity contribution in [2.75, 3.05) is 6.54 Å². The Kier molecular flexibility index (Phi) is 5.06. The van der Waals surface area contributed by atoms with Crippen LogP contribution in [0.1, 0.15) is 51.3 Å². The van der Waals surface area contributed by atoms with Crippen LogP contribution in [-0.2, 0) is 6.42 Å². The highest BCUT2D eigenvalue weighted by molar-refractivity contribution is 7.18. The van der Waals surface area contributed by atoms with E-state index in [1.54, 1.807) is 11.3 Å². The molecule has 3 rings (SSSR count). The average Bonchev–Trinajstić information content (AvgIpc) is 3.13. The molecule has 3 aromatic heterocycles. The number of aromatic nitrogens is 2. The van der Waals surface area contributed by atoms with Gasteiger partial charge in [0.25, 0.3) is 11.5 Å². The molecule has 0 aliphatic heterocycles. The number of hydrogen-bond donors (Lipinski definition) is 2. The molecule has 0 aromatic carbocycles. The lowest BCUT2D eigenvalue weighted by Gasteiger charge is -2.04. The van der Waals surface area contributed by atoms with E-state index in [1.165, 1.54) is 16.2 Å². The molecule has 3 aromatic rings. The Labute approximate surface area is 154 Å². The molecule has 5 nitrogen and oxygen atoms in total. The lowest BCUT2D eigenvalue weighted by Crippen LogP contribution is -2.26. The number of aryl methyl sites for hydroxylation is 2. The van der Waals surface area contributed by atoms with Gasteiger partial charge in [-0.25, -0.2) is 4.98 Å². The maximum Gasteiger partial charge on any atom is 0.259 e. The van der Waals surface area contributed by atoms with Crippen molar-refractivity contribution < 1.29 is 4.79 Å². The second-order valence-corrected chi connectivity index (χ2v) is 8.52. The van der Waals surface area contributed by atoms with Crippen molar-refractivity contribution in [3.8, 4) is 0 Å². The number of carbonyl (C=O) groups is 1. The molecule has 7 heteroatoms. The fraction of sp³-hybridized carbons (Fsp3) is 0.389. The molecule has 0 unspecified atom stereocenters. The predicted octanol–water partition coefficient (Wildman–Crippen LogP) is 3.76. The zero-order chi connectivity index (χ0) is 18.1. The Hall–Kier alpha value is -1.99. The molecule has 0 saturated heterocycles. The second kappa shape index (κ2) is 7.09. The van der Waals surface area contributed by atoms with Crippen molar-refractivity contribution >= 4 is 38.8 Å². The molecular weight excluding hydrogens is 354 g/mol. The molecule has 2 N–H and O–H groups in total. The summed E-state index contributed by atoms with van der Waals surface area (Å²) < 4.78 is 0. The van der Waals surface area contributed by atoms with Crippen molar-refractivity contribution in [3.63, 3.8) is 0 Å². The summed E-state index contributed by atoms with van der Waals surface area (Å²) in [7, 11) is 0. The van der Waals surface area contributed by atoms with Crippen LogP contribution >= 0.6 is 22.7 Å². The molecule has 3 heterocycles. The van der Waals surface area contributed by atoms with Crippen LogP contribution in [0, 0.1) is 13.8 Å². The molecule has 0 saturated carbocycles. The van der Waals surface area contributed by atoms with Crippen molar-refractivity contribution in [1.29, 1.82) is 0 Å². The summed E-state index contributed by atoms with van der Waals surface area (Å²) in [6.45, 7) is 8.59. The molecule has 0 aliphatic rings. The quantitative estimate of drug-likeness (QED) is 0.713. The number of amides is 1. The van der Waals surface area contributed by atoms with Crippen LogP contribution in [0.2, 0.25) is 0 Å². The Morgan fingerprint density at radius 2 is 2.12 bits per heavy atom. The van der Waals surface area contributed by atoms with Crippen molar-refractivity contribution in [3.05, 3.63) is 48.5 Å². The molecule has 0 bridgehead atoms. The Balaban J connectivity index is 1.66.